The molecule has 0 spiro atoms. The van der Waals surface area contributed by atoms with Crippen LogP contribution in [-0.2, 0) is 11.2 Å². The van der Waals surface area contributed by atoms with Crippen molar-refractivity contribution in [2.24, 2.45) is 5.92 Å². The predicted octanol–water partition coefficient (Wildman–Crippen LogP) is 1.92. The summed E-state index contributed by atoms with van der Waals surface area (Å²) < 4.78 is 5.39. The fraction of sp³-hybridized carbons (Fsp3) is 0.600. The average molecular weight is 211 g/mol. The minimum atomic E-state index is 0.592. The molecule has 2 heterocycles. The second kappa shape index (κ2) is 4.66. The fourth-order valence-corrected chi connectivity index (χ4v) is 2.54. The third-order valence-electron chi connectivity index (χ3n) is 2.41. The summed E-state index contributed by atoms with van der Waals surface area (Å²) in [4.78, 5) is 15.4. The molecule has 0 radical (unpaired) electrons. The zero-order valence-corrected chi connectivity index (χ0v) is 8.76. The summed E-state index contributed by atoms with van der Waals surface area (Å²) in [6.07, 6.45) is 5.83. The van der Waals surface area contributed by atoms with Crippen LogP contribution in [0.1, 0.15) is 27.5 Å². The summed E-state index contributed by atoms with van der Waals surface area (Å²) >= 11 is 1.49. The third kappa shape index (κ3) is 2.39. The molecule has 14 heavy (non-hydrogen) atoms. The van der Waals surface area contributed by atoms with Crippen LogP contribution in [0, 0.1) is 5.92 Å². The number of aromatic nitrogens is 1. The van der Waals surface area contributed by atoms with E-state index < -0.39 is 0 Å². The Kier molecular flexibility index (Phi) is 3.26. The molecule has 1 aromatic rings. The van der Waals surface area contributed by atoms with Crippen LogP contribution >= 0.6 is 11.3 Å². The molecule has 4 heteroatoms. The summed E-state index contributed by atoms with van der Waals surface area (Å²) in [7, 11) is 0. The van der Waals surface area contributed by atoms with E-state index in [2.05, 4.69) is 4.98 Å². The maximum atomic E-state index is 10.5. The number of aldehydes is 1. The Balaban J connectivity index is 1.92. The van der Waals surface area contributed by atoms with Crippen molar-refractivity contribution in [2.45, 2.75) is 19.3 Å². The molecule has 2 rings (SSSR count). The molecule has 0 saturated carbocycles. The van der Waals surface area contributed by atoms with Crippen LogP contribution in [0.5, 0.6) is 0 Å². The van der Waals surface area contributed by atoms with Crippen molar-refractivity contribution in [3.05, 3.63) is 16.1 Å². The van der Waals surface area contributed by atoms with Gasteiger partial charge in [-0.05, 0) is 18.8 Å². The van der Waals surface area contributed by atoms with E-state index >= 15 is 0 Å². The topological polar surface area (TPSA) is 39.2 Å². The molecule has 0 aliphatic carbocycles. The first-order valence-corrected chi connectivity index (χ1v) is 5.68. The second-order valence-electron chi connectivity index (χ2n) is 3.56. The summed E-state index contributed by atoms with van der Waals surface area (Å²) in [6.45, 7) is 1.74. The van der Waals surface area contributed by atoms with E-state index in [1.54, 1.807) is 6.20 Å². The van der Waals surface area contributed by atoms with Gasteiger partial charge in [-0.2, -0.15) is 0 Å². The van der Waals surface area contributed by atoms with E-state index in [4.69, 9.17) is 4.74 Å². The molecular formula is C10H13NO2S. The Bertz CT molecular complexity index is 305. The minimum Gasteiger partial charge on any atom is -0.381 e. The number of hydrogen-bond donors (Lipinski definition) is 0. The van der Waals surface area contributed by atoms with E-state index in [1.807, 2.05) is 0 Å². The van der Waals surface area contributed by atoms with E-state index in [0.29, 0.717) is 5.92 Å². The fourth-order valence-electron chi connectivity index (χ4n) is 1.69. The molecule has 1 fully saturated rings. The van der Waals surface area contributed by atoms with Crippen LogP contribution in [0.4, 0.5) is 0 Å². The van der Waals surface area contributed by atoms with Crippen molar-refractivity contribution in [3.8, 4) is 0 Å². The van der Waals surface area contributed by atoms with Crippen molar-refractivity contribution in [1.29, 1.82) is 0 Å². The molecule has 76 valence electrons. The molecule has 1 aromatic heterocycles. The first kappa shape index (κ1) is 9.80. The Hall–Kier alpha value is -0.740. The van der Waals surface area contributed by atoms with E-state index in [0.717, 1.165) is 42.2 Å². The Morgan fingerprint density at radius 2 is 2.64 bits per heavy atom. The monoisotopic (exact) mass is 211 g/mol. The number of carbonyl (C=O) groups excluding carboxylic acids is 1. The predicted molar refractivity (Wildman–Crippen MR) is 54.7 cm³/mol. The lowest BCUT2D eigenvalue weighted by molar-refractivity contribution is 0.0550. The van der Waals surface area contributed by atoms with Gasteiger partial charge >= 0.3 is 0 Å². The molecule has 1 unspecified atom stereocenters. The van der Waals surface area contributed by atoms with Gasteiger partial charge in [0.05, 0.1) is 9.88 Å². The van der Waals surface area contributed by atoms with Crippen molar-refractivity contribution in [2.75, 3.05) is 13.2 Å². The van der Waals surface area contributed by atoms with Gasteiger partial charge in [0, 0.05) is 25.8 Å². The van der Waals surface area contributed by atoms with E-state index in [9.17, 15) is 4.79 Å². The van der Waals surface area contributed by atoms with Crippen LogP contribution in [0.2, 0.25) is 0 Å². The minimum absolute atomic E-state index is 0.592. The largest absolute Gasteiger partial charge is 0.381 e. The van der Waals surface area contributed by atoms with Crippen LogP contribution in [-0.4, -0.2) is 24.5 Å². The molecule has 0 N–H and O–H groups in total. The molecule has 1 aliphatic heterocycles. The van der Waals surface area contributed by atoms with Crippen LogP contribution in [0.15, 0.2) is 6.20 Å². The lowest BCUT2D eigenvalue weighted by Crippen LogP contribution is -2.19. The van der Waals surface area contributed by atoms with Crippen molar-refractivity contribution in [1.82, 2.24) is 4.98 Å². The number of carbonyl (C=O) groups is 1. The molecule has 1 atom stereocenters. The number of thiazole rings is 1. The molecule has 3 nitrogen and oxygen atoms in total. The first-order valence-electron chi connectivity index (χ1n) is 4.86. The molecule has 1 aliphatic rings. The van der Waals surface area contributed by atoms with Crippen molar-refractivity contribution >= 4 is 17.6 Å². The van der Waals surface area contributed by atoms with Gasteiger partial charge in [-0.15, -0.1) is 11.3 Å². The molecule has 1 saturated heterocycles. The number of hydrogen-bond acceptors (Lipinski definition) is 4. The lowest BCUT2D eigenvalue weighted by atomic mass is 9.99. The number of nitrogens with zero attached hydrogens (tertiary/aromatic N) is 1. The zero-order chi connectivity index (χ0) is 9.80. The smallest absolute Gasteiger partial charge is 0.161 e. The summed E-state index contributed by atoms with van der Waals surface area (Å²) in [5.41, 5.74) is 0. The summed E-state index contributed by atoms with van der Waals surface area (Å²) in [6, 6.07) is 0. The maximum absolute atomic E-state index is 10.5. The van der Waals surface area contributed by atoms with Crippen molar-refractivity contribution < 1.29 is 9.53 Å². The Morgan fingerprint density at radius 1 is 1.71 bits per heavy atom. The van der Waals surface area contributed by atoms with Gasteiger partial charge in [0.1, 0.15) is 0 Å². The van der Waals surface area contributed by atoms with Gasteiger partial charge in [-0.3, -0.25) is 4.79 Å². The Labute approximate surface area is 87.1 Å². The van der Waals surface area contributed by atoms with E-state index in [1.165, 1.54) is 17.8 Å². The molecule has 0 bridgehead atoms. The second-order valence-corrected chi connectivity index (χ2v) is 4.71. The standard InChI is InChI=1S/C10H13NO2S/c12-6-9-5-11-10(14-9)4-8-2-1-3-13-7-8/h5-6,8H,1-4,7H2. The van der Waals surface area contributed by atoms with Crippen LogP contribution in [0.3, 0.4) is 0 Å². The molecule has 0 aromatic carbocycles. The summed E-state index contributed by atoms with van der Waals surface area (Å²) in [5.74, 6) is 0.592. The van der Waals surface area contributed by atoms with Gasteiger partial charge in [-0.1, -0.05) is 0 Å². The number of ether oxygens (including phenoxy) is 1. The third-order valence-corrected chi connectivity index (χ3v) is 3.35. The SMILES string of the molecule is O=Cc1cnc(CC2CCCOC2)s1. The number of rotatable bonds is 3. The molecule has 0 amide bonds. The van der Waals surface area contributed by atoms with Gasteiger partial charge in [0.2, 0.25) is 0 Å². The maximum Gasteiger partial charge on any atom is 0.161 e. The molecular weight excluding hydrogens is 198 g/mol. The zero-order valence-electron chi connectivity index (χ0n) is 7.94. The van der Waals surface area contributed by atoms with Gasteiger partial charge < -0.3 is 4.74 Å². The van der Waals surface area contributed by atoms with Crippen LogP contribution < -0.4 is 0 Å². The lowest BCUT2D eigenvalue weighted by Gasteiger charge is -2.20. The normalized spacial score (nSPS) is 22.1. The van der Waals surface area contributed by atoms with Crippen molar-refractivity contribution in [3.63, 3.8) is 0 Å². The van der Waals surface area contributed by atoms with Gasteiger partial charge in [0.15, 0.2) is 6.29 Å². The van der Waals surface area contributed by atoms with Gasteiger partial charge in [0.25, 0.3) is 0 Å². The van der Waals surface area contributed by atoms with Gasteiger partial charge in [-0.25, -0.2) is 4.98 Å². The van der Waals surface area contributed by atoms with Crippen LogP contribution in [0.25, 0.3) is 0 Å². The highest BCUT2D eigenvalue weighted by molar-refractivity contribution is 7.13. The average Bonchev–Trinajstić information content (AvgIpc) is 2.67. The summed E-state index contributed by atoms with van der Waals surface area (Å²) in [5, 5.41) is 1.06. The highest BCUT2D eigenvalue weighted by Gasteiger charge is 2.15. The highest BCUT2D eigenvalue weighted by Crippen LogP contribution is 2.21. The first-order chi connectivity index (χ1) is 6.88. The quantitative estimate of drug-likeness (QED) is 0.717. The highest BCUT2D eigenvalue weighted by atomic mass is 32.1. The Morgan fingerprint density at radius 3 is 3.29 bits per heavy atom. The van der Waals surface area contributed by atoms with E-state index in [-0.39, 0.29) is 0 Å².